The van der Waals surface area contributed by atoms with Crippen molar-refractivity contribution in [2.45, 2.75) is 13.0 Å². The van der Waals surface area contributed by atoms with E-state index < -0.39 is 0 Å². The highest BCUT2D eigenvalue weighted by atomic mass is 32.2. The van der Waals surface area contributed by atoms with Crippen molar-refractivity contribution in [2.75, 3.05) is 19.1 Å². The zero-order chi connectivity index (χ0) is 12.0. The normalized spacial score (nSPS) is 11.9. The first-order chi connectivity index (χ1) is 7.65. The van der Waals surface area contributed by atoms with E-state index in [9.17, 15) is 4.79 Å². The molecule has 88 valence electrons. The molecule has 0 N–H and O–H groups in total. The SMILES string of the molecule is CSCC(C)N(C)C(=O)Oc1ccccc1. The lowest BCUT2D eigenvalue weighted by Gasteiger charge is -2.23. The summed E-state index contributed by atoms with van der Waals surface area (Å²) in [5.41, 5.74) is 0. The average Bonchev–Trinajstić information content (AvgIpc) is 2.29. The third-order valence-electron chi connectivity index (χ3n) is 2.31. The van der Waals surface area contributed by atoms with E-state index >= 15 is 0 Å². The molecule has 0 radical (unpaired) electrons. The third kappa shape index (κ3) is 3.77. The number of amides is 1. The highest BCUT2D eigenvalue weighted by Crippen LogP contribution is 2.11. The minimum absolute atomic E-state index is 0.172. The molecule has 1 amide bonds. The average molecular weight is 239 g/mol. The molecular formula is C12H17NO2S. The summed E-state index contributed by atoms with van der Waals surface area (Å²) in [6.45, 7) is 2.00. The van der Waals surface area contributed by atoms with Crippen molar-refractivity contribution >= 4 is 17.9 Å². The number of nitrogens with zero attached hydrogens (tertiary/aromatic N) is 1. The molecule has 0 aliphatic carbocycles. The second-order valence-corrected chi connectivity index (χ2v) is 4.51. The van der Waals surface area contributed by atoms with Crippen LogP contribution in [0.3, 0.4) is 0 Å². The van der Waals surface area contributed by atoms with Gasteiger partial charge >= 0.3 is 6.09 Å². The van der Waals surface area contributed by atoms with E-state index in [0.29, 0.717) is 5.75 Å². The van der Waals surface area contributed by atoms with Gasteiger partial charge in [0.1, 0.15) is 5.75 Å². The van der Waals surface area contributed by atoms with Gasteiger partial charge in [-0.3, -0.25) is 0 Å². The molecular weight excluding hydrogens is 222 g/mol. The van der Waals surface area contributed by atoms with Crippen LogP contribution in [0.2, 0.25) is 0 Å². The summed E-state index contributed by atoms with van der Waals surface area (Å²) >= 11 is 1.71. The molecule has 0 fully saturated rings. The summed E-state index contributed by atoms with van der Waals surface area (Å²) < 4.78 is 5.22. The fourth-order valence-electron chi connectivity index (χ4n) is 1.19. The van der Waals surface area contributed by atoms with Gasteiger partial charge in [-0.1, -0.05) is 18.2 Å². The van der Waals surface area contributed by atoms with Crippen LogP contribution in [-0.2, 0) is 0 Å². The molecule has 4 heteroatoms. The summed E-state index contributed by atoms with van der Waals surface area (Å²) in [4.78, 5) is 13.3. The Morgan fingerprint density at radius 3 is 2.62 bits per heavy atom. The molecule has 3 nitrogen and oxygen atoms in total. The predicted octanol–water partition coefficient (Wildman–Crippen LogP) is 2.87. The van der Waals surface area contributed by atoms with Crippen molar-refractivity contribution in [3.05, 3.63) is 30.3 Å². The lowest BCUT2D eigenvalue weighted by atomic mass is 10.3. The van der Waals surface area contributed by atoms with Gasteiger partial charge in [-0.25, -0.2) is 4.79 Å². The Morgan fingerprint density at radius 1 is 1.44 bits per heavy atom. The van der Waals surface area contributed by atoms with Crippen LogP contribution in [-0.4, -0.2) is 36.1 Å². The first-order valence-corrected chi connectivity index (χ1v) is 6.53. The van der Waals surface area contributed by atoms with Crippen LogP contribution in [0.25, 0.3) is 0 Å². The van der Waals surface area contributed by atoms with Crippen LogP contribution in [0.1, 0.15) is 6.92 Å². The highest BCUT2D eigenvalue weighted by Gasteiger charge is 2.16. The number of thioether (sulfide) groups is 1. The molecule has 16 heavy (non-hydrogen) atoms. The summed E-state index contributed by atoms with van der Waals surface area (Å²) in [6, 6.07) is 9.28. The first-order valence-electron chi connectivity index (χ1n) is 5.13. The van der Waals surface area contributed by atoms with Crippen LogP contribution in [0.5, 0.6) is 5.75 Å². The second kappa shape index (κ2) is 6.43. The quantitative estimate of drug-likeness (QED) is 0.809. The molecule has 0 heterocycles. The van der Waals surface area contributed by atoms with Crippen molar-refractivity contribution in [3.63, 3.8) is 0 Å². The van der Waals surface area contributed by atoms with E-state index in [4.69, 9.17) is 4.74 Å². The molecule has 0 aromatic heterocycles. The van der Waals surface area contributed by atoms with E-state index in [1.807, 2.05) is 31.4 Å². The van der Waals surface area contributed by atoms with Gasteiger partial charge in [-0.15, -0.1) is 0 Å². The summed E-state index contributed by atoms with van der Waals surface area (Å²) in [7, 11) is 1.76. The number of ether oxygens (including phenoxy) is 1. The lowest BCUT2D eigenvalue weighted by Crippen LogP contribution is -2.38. The Hall–Kier alpha value is -1.16. The number of carbonyl (C=O) groups is 1. The molecule has 1 atom stereocenters. The number of rotatable bonds is 4. The highest BCUT2D eigenvalue weighted by molar-refractivity contribution is 7.98. The van der Waals surface area contributed by atoms with Gasteiger partial charge < -0.3 is 9.64 Å². The molecule has 1 aromatic carbocycles. The smallest absolute Gasteiger partial charge is 0.410 e. The molecule has 0 saturated heterocycles. The van der Waals surface area contributed by atoms with Gasteiger partial charge in [0.2, 0.25) is 0 Å². The molecule has 1 unspecified atom stereocenters. The van der Waals surface area contributed by atoms with E-state index in [-0.39, 0.29) is 12.1 Å². The Bertz CT molecular complexity index is 329. The maximum absolute atomic E-state index is 11.7. The fraction of sp³-hybridized carbons (Fsp3) is 0.417. The Labute approximate surface area is 101 Å². The molecule has 0 saturated carbocycles. The Morgan fingerprint density at radius 2 is 2.06 bits per heavy atom. The van der Waals surface area contributed by atoms with Gasteiger partial charge in [0.25, 0.3) is 0 Å². The molecule has 0 spiro atoms. The lowest BCUT2D eigenvalue weighted by molar-refractivity contribution is 0.153. The van der Waals surface area contributed by atoms with E-state index in [0.717, 1.165) is 5.75 Å². The molecule has 1 rings (SSSR count). The number of para-hydroxylation sites is 1. The number of benzene rings is 1. The Balaban J connectivity index is 2.52. The van der Waals surface area contributed by atoms with Gasteiger partial charge in [-0.2, -0.15) is 11.8 Å². The zero-order valence-corrected chi connectivity index (χ0v) is 10.7. The standard InChI is InChI=1S/C12H17NO2S/c1-10(9-16-3)13(2)12(14)15-11-7-5-4-6-8-11/h4-8,10H,9H2,1-3H3. The fourth-order valence-corrected chi connectivity index (χ4v) is 1.90. The maximum Gasteiger partial charge on any atom is 0.415 e. The van der Waals surface area contributed by atoms with Gasteiger partial charge in [0.05, 0.1) is 0 Å². The monoisotopic (exact) mass is 239 g/mol. The predicted molar refractivity (Wildman–Crippen MR) is 68.1 cm³/mol. The molecule has 0 aliphatic rings. The minimum atomic E-state index is -0.312. The van der Waals surface area contributed by atoms with Crippen LogP contribution in [0, 0.1) is 0 Å². The largest absolute Gasteiger partial charge is 0.415 e. The van der Waals surface area contributed by atoms with Crippen LogP contribution in [0.15, 0.2) is 30.3 Å². The third-order valence-corrected chi connectivity index (χ3v) is 3.12. The topological polar surface area (TPSA) is 29.5 Å². The molecule has 1 aromatic rings. The van der Waals surface area contributed by atoms with Crippen molar-refractivity contribution in [1.29, 1.82) is 0 Å². The van der Waals surface area contributed by atoms with E-state index in [1.54, 1.807) is 35.8 Å². The van der Waals surface area contributed by atoms with Crippen molar-refractivity contribution in [2.24, 2.45) is 0 Å². The van der Waals surface area contributed by atoms with Gasteiger partial charge in [-0.05, 0) is 25.3 Å². The van der Waals surface area contributed by atoms with Crippen LogP contribution in [0.4, 0.5) is 4.79 Å². The minimum Gasteiger partial charge on any atom is -0.410 e. The molecule has 0 bridgehead atoms. The van der Waals surface area contributed by atoms with Crippen molar-refractivity contribution in [1.82, 2.24) is 4.90 Å². The molecule has 0 aliphatic heterocycles. The van der Waals surface area contributed by atoms with Crippen molar-refractivity contribution < 1.29 is 9.53 Å². The summed E-state index contributed by atoms with van der Waals surface area (Å²) in [5.74, 6) is 1.48. The summed E-state index contributed by atoms with van der Waals surface area (Å²) in [5, 5.41) is 0. The number of hydrogen-bond acceptors (Lipinski definition) is 3. The second-order valence-electron chi connectivity index (χ2n) is 3.60. The van der Waals surface area contributed by atoms with Crippen LogP contribution < -0.4 is 4.74 Å². The van der Waals surface area contributed by atoms with Crippen LogP contribution >= 0.6 is 11.8 Å². The summed E-state index contributed by atoms with van der Waals surface area (Å²) in [6.07, 6.45) is 1.71. The number of hydrogen-bond donors (Lipinski definition) is 0. The zero-order valence-electron chi connectivity index (χ0n) is 9.84. The maximum atomic E-state index is 11.7. The van der Waals surface area contributed by atoms with Gasteiger partial charge in [0, 0.05) is 18.8 Å². The van der Waals surface area contributed by atoms with E-state index in [2.05, 4.69) is 0 Å². The number of carbonyl (C=O) groups excluding carboxylic acids is 1. The van der Waals surface area contributed by atoms with Gasteiger partial charge in [0.15, 0.2) is 0 Å². The van der Waals surface area contributed by atoms with Crippen molar-refractivity contribution in [3.8, 4) is 5.75 Å². The van der Waals surface area contributed by atoms with E-state index in [1.165, 1.54) is 0 Å². The first kappa shape index (κ1) is 12.9. The Kier molecular flexibility index (Phi) is 5.19.